The van der Waals surface area contributed by atoms with Crippen molar-refractivity contribution in [3.63, 3.8) is 0 Å². The fourth-order valence-electron chi connectivity index (χ4n) is 10.1. The van der Waals surface area contributed by atoms with Crippen LogP contribution >= 0.6 is 0 Å². The van der Waals surface area contributed by atoms with Gasteiger partial charge in [-0.1, -0.05) is 169 Å². The highest BCUT2D eigenvalue weighted by Gasteiger charge is 2.12. The van der Waals surface area contributed by atoms with E-state index in [0.717, 1.165) is 92.9 Å². The van der Waals surface area contributed by atoms with E-state index in [-0.39, 0.29) is 0 Å². The number of para-hydroxylation sites is 2. The molecular weight excluding hydrogens is 1140 g/mol. The Balaban J connectivity index is 0.765. The van der Waals surface area contributed by atoms with Crippen LogP contribution in [0.4, 0.5) is 0 Å². The van der Waals surface area contributed by atoms with E-state index < -0.39 is 0 Å². The summed E-state index contributed by atoms with van der Waals surface area (Å²) in [7, 11) is 0. The van der Waals surface area contributed by atoms with Crippen LogP contribution in [0.1, 0.15) is 55.6 Å². The van der Waals surface area contributed by atoms with Gasteiger partial charge in [-0.05, 0) is 165 Å². The summed E-state index contributed by atoms with van der Waals surface area (Å²) in [5.74, 6) is 22.7. The molecule has 0 atom stereocenters. The zero-order chi connectivity index (χ0) is 62.5. The maximum atomic E-state index is 6.24. The van der Waals surface area contributed by atoms with Crippen molar-refractivity contribution in [1.29, 1.82) is 0 Å². The summed E-state index contributed by atoms with van der Waals surface area (Å²) in [4.78, 5) is 0. The van der Waals surface area contributed by atoms with Crippen LogP contribution < -0.4 is 29.6 Å². The van der Waals surface area contributed by atoms with Crippen molar-refractivity contribution in [2.45, 2.75) is 26.2 Å². The molecule has 10 nitrogen and oxygen atoms in total. The molecule has 10 aromatic rings. The Morgan fingerprint density at radius 3 is 0.826 bits per heavy atom. The van der Waals surface area contributed by atoms with Gasteiger partial charge >= 0.3 is 0 Å². The van der Waals surface area contributed by atoms with Gasteiger partial charge in [0.15, 0.2) is 23.0 Å². The molecule has 0 radical (unpaired) electrons. The molecule has 2 N–H and O–H groups in total. The van der Waals surface area contributed by atoms with Crippen LogP contribution in [0.5, 0.6) is 23.0 Å². The summed E-state index contributed by atoms with van der Waals surface area (Å²) in [6.07, 6.45) is 0. The Morgan fingerprint density at radius 1 is 0.217 bits per heavy atom. The number of benzene rings is 10. The molecule has 0 spiro atoms. The molecule has 0 fully saturated rings. The first-order chi connectivity index (χ1) is 45.6. The second-order valence-electron chi connectivity index (χ2n) is 21.8. The molecule has 0 aliphatic carbocycles. The third kappa shape index (κ3) is 20.2. The molecule has 11 rings (SSSR count). The third-order valence-corrected chi connectivity index (χ3v) is 15.0. The van der Waals surface area contributed by atoms with E-state index in [1.807, 2.05) is 54.6 Å². The lowest BCUT2D eigenvalue weighted by molar-refractivity contribution is 0.0223. The molecule has 0 aromatic heterocycles. The van der Waals surface area contributed by atoms with Crippen LogP contribution in [0, 0.1) is 35.5 Å². The first kappa shape index (κ1) is 63.4. The summed E-state index contributed by atoms with van der Waals surface area (Å²) < 4.78 is 47.4. The molecule has 10 heteroatoms. The lowest BCUT2D eigenvalue weighted by Crippen LogP contribution is -2.15. The Bertz CT molecular complexity index is 3940. The third-order valence-electron chi connectivity index (χ3n) is 15.0. The van der Waals surface area contributed by atoms with Gasteiger partial charge in [0.25, 0.3) is 0 Å². The van der Waals surface area contributed by atoms with E-state index in [1.165, 1.54) is 22.3 Å². The lowest BCUT2D eigenvalue weighted by atomic mass is 9.92. The first-order valence-electron chi connectivity index (χ1n) is 31.3. The lowest BCUT2D eigenvalue weighted by Gasteiger charge is -2.14. The number of nitrogens with one attached hydrogen (secondary N) is 2. The molecule has 1 aliphatic heterocycles. The average molecular weight is 1220 g/mol. The van der Waals surface area contributed by atoms with E-state index in [4.69, 9.17) is 37.9 Å². The molecule has 0 saturated carbocycles. The smallest absolute Gasteiger partial charge is 0.162 e. The fourth-order valence-corrected chi connectivity index (χ4v) is 10.1. The van der Waals surface area contributed by atoms with Gasteiger partial charge in [0, 0.05) is 59.6 Å². The highest BCUT2D eigenvalue weighted by Crippen LogP contribution is 2.34. The average Bonchev–Trinajstić information content (AvgIpc) is 0.988. The molecule has 460 valence electrons. The highest BCUT2D eigenvalue weighted by molar-refractivity contribution is 5.82. The van der Waals surface area contributed by atoms with Crippen LogP contribution in [-0.4, -0.2) is 79.3 Å². The number of ether oxygens (including phenoxy) is 8. The van der Waals surface area contributed by atoms with Crippen molar-refractivity contribution in [3.05, 3.63) is 298 Å². The zero-order valence-corrected chi connectivity index (χ0v) is 51.7. The molecule has 1 heterocycles. The highest BCUT2D eigenvalue weighted by atomic mass is 16.6. The van der Waals surface area contributed by atoms with Crippen molar-refractivity contribution in [2.24, 2.45) is 0 Å². The van der Waals surface area contributed by atoms with Gasteiger partial charge in [-0.2, -0.15) is 0 Å². The minimum absolute atomic E-state index is 0.306. The Labute approximate surface area is 541 Å². The first-order valence-corrected chi connectivity index (χ1v) is 31.3. The van der Waals surface area contributed by atoms with Gasteiger partial charge in [-0.15, -0.1) is 0 Å². The van der Waals surface area contributed by atoms with Gasteiger partial charge in [0.2, 0.25) is 0 Å². The number of fused-ring (bicyclic) bond motifs is 2. The summed E-state index contributed by atoms with van der Waals surface area (Å²) in [6, 6.07) is 83.3. The minimum Gasteiger partial charge on any atom is -0.487 e. The van der Waals surface area contributed by atoms with Crippen LogP contribution in [0.25, 0.3) is 33.4 Å². The van der Waals surface area contributed by atoms with E-state index >= 15 is 0 Å². The van der Waals surface area contributed by atoms with E-state index in [1.54, 1.807) is 0 Å². The van der Waals surface area contributed by atoms with Gasteiger partial charge in [-0.3, -0.25) is 0 Å². The summed E-state index contributed by atoms with van der Waals surface area (Å²) >= 11 is 0. The minimum atomic E-state index is 0.306. The zero-order valence-electron chi connectivity index (χ0n) is 51.7. The molecule has 92 heavy (non-hydrogen) atoms. The van der Waals surface area contributed by atoms with Crippen molar-refractivity contribution in [2.75, 3.05) is 79.3 Å². The standard InChI is InChI=1S/C82H74N2O8/c1-3-9-69(10-4-1)59-83-61-71-25-20-63(21-26-71)15-17-65-29-36-73(37-30-65)76-56-77(74-38-31-66(32-39-74)18-16-64-22-27-72(28-23-64)62-84-60-70-11-5-2-6-12-70)58-78(57-76)75-40-33-67(34-41-75)19-24-68-35-42-81-82(55-68)92-54-50-88-46-45-86-48-52-90-80-14-8-7-13-79(80)89-51-47-85-43-44-87-49-53-91-81/h1-14,20-23,25-42,55-58,83-84H,43-54,59-62H2. The second-order valence-corrected chi connectivity index (χ2v) is 21.8. The van der Waals surface area contributed by atoms with Crippen molar-refractivity contribution < 1.29 is 37.9 Å². The van der Waals surface area contributed by atoms with Crippen molar-refractivity contribution >= 4 is 0 Å². The summed E-state index contributed by atoms with van der Waals surface area (Å²) in [5.41, 5.74) is 17.0. The van der Waals surface area contributed by atoms with Crippen LogP contribution in [-0.2, 0) is 45.1 Å². The van der Waals surface area contributed by atoms with Gasteiger partial charge < -0.3 is 48.5 Å². The Kier molecular flexibility index (Phi) is 23.9. The van der Waals surface area contributed by atoms with Crippen LogP contribution in [0.3, 0.4) is 0 Å². The maximum Gasteiger partial charge on any atom is 0.162 e. The number of rotatable bonds is 11. The van der Waals surface area contributed by atoms with Gasteiger partial charge in [0.1, 0.15) is 26.4 Å². The predicted octanol–water partition coefficient (Wildman–Crippen LogP) is 14.8. The Hall–Kier alpha value is -10.2. The van der Waals surface area contributed by atoms with Crippen LogP contribution in [0.2, 0.25) is 0 Å². The molecule has 0 saturated heterocycles. The largest absolute Gasteiger partial charge is 0.487 e. The van der Waals surface area contributed by atoms with E-state index in [0.29, 0.717) is 102 Å². The SMILES string of the molecule is C(#Cc1ccc(-c2cc(-c3ccc(C#Cc4ccc(CNCc5ccccc5)cc4)cc3)cc(-c3ccc(C#Cc4ccc5c(c4)OCCOCCOCCOc4ccccc4OCCOCCOCCO5)cc3)c2)cc1)c1ccc(CNCc2ccccc2)cc1. The normalized spacial score (nSPS) is 13.3. The Morgan fingerprint density at radius 2 is 0.478 bits per heavy atom. The number of hydrogen-bond donors (Lipinski definition) is 2. The van der Waals surface area contributed by atoms with Crippen LogP contribution in [0.15, 0.2) is 243 Å². The monoisotopic (exact) mass is 1210 g/mol. The summed E-state index contributed by atoms with van der Waals surface area (Å²) in [6.45, 7) is 7.86. The number of hydrogen-bond acceptors (Lipinski definition) is 10. The quantitative estimate of drug-likeness (QED) is 0.122. The second kappa shape index (κ2) is 34.7. The maximum absolute atomic E-state index is 6.24. The van der Waals surface area contributed by atoms with Crippen molar-refractivity contribution in [1.82, 2.24) is 10.6 Å². The molecule has 1 aliphatic rings. The summed E-state index contributed by atoms with van der Waals surface area (Å²) in [5, 5.41) is 7.07. The van der Waals surface area contributed by atoms with Gasteiger partial charge in [-0.25, -0.2) is 0 Å². The molecular formula is C82H74N2O8. The molecule has 0 amide bonds. The van der Waals surface area contributed by atoms with E-state index in [9.17, 15) is 0 Å². The fraction of sp³-hybridized carbons (Fsp3) is 0.195. The van der Waals surface area contributed by atoms with Crippen molar-refractivity contribution in [3.8, 4) is 91.9 Å². The predicted molar refractivity (Wildman–Crippen MR) is 366 cm³/mol. The molecule has 10 aromatic carbocycles. The topological polar surface area (TPSA) is 97.9 Å². The van der Waals surface area contributed by atoms with E-state index in [2.05, 4.69) is 234 Å². The molecule has 0 bridgehead atoms. The van der Waals surface area contributed by atoms with Gasteiger partial charge in [0.05, 0.1) is 52.9 Å². The molecule has 0 unspecified atom stereocenters.